The highest BCUT2D eigenvalue weighted by atomic mass is 35.5. The molecule has 2 aromatic carbocycles. The second-order valence-corrected chi connectivity index (χ2v) is 7.59. The van der Waals surface area contributed by atoms with Gasteiger partial charge in [-0.25, -0.2) is 0 Å². The fraction of sp³-hybridized carbons (Fsp3) is 0.130. The molecule has 0 radical (unpaired) electrons. The van der Waals surface area contributed by atoms with Crippen molar-refractivity contribution in [2.75, 3.05) is 5.32 Å². The van der Waals surface area contributed by atoms with E-state index < -0.39 is 0 Å². The molecule has 0 unspecified atom stereocenters. The minimum absolute atomic E-state index is 0.116. The standard InChI is InChI=1S/C23H21ClN2OS/c1-15-5-4-12-26(14-15)21(22(27)18-7-6-16(2)17(3)13-18)23(28)25-20-10-8-19(24)9-11-20/h4-14H,1-3H3,(H-,25,27,28)/p+1. The lowest BCUT2D eigenvalue weighted by Gasteiger charge is -2.11. The molecule has 0 spiro atoms. The van der Waals surface area contributed by atoms with Crippen molar-refractivity contribution >= 4 is 46.0 Å². The summed E-state index contributed by atoms with van der Waals surface area (Å²) in [6, 6.07) is 17.1. The summed E-state index contributed by atoms with van der Waals surface area (Å²) in [4.78, 5) is 0.411. The van der Waals surface area contributed by atoms with Crippen LogP contribution in [0.3, 0.4) is 0 Å². The van der Waals surface area contributed by atoms with Crippen LogP contribution in [0.25, 0.3) is 11.5 Å². The van der Waals surface area contributed by atoms with Crippen LogP contribution >= 0.6 is 23.8 Å². The van der Waals surface area contributed by atoms with E-state index in [2.05, 4.69) is 5.32 Å². The number of aliphatic hydroxyl groups is 1. The average Bonchev–Trinajstić information content (AvgIpc) is 2.66. The maximum absolute atomic E-state index is 11.1. The van der Waals surface area contributed by atoms with E-state index in [1.54, 1.807) is 12.1 Å². The molecule has 3 aromatic rings. The molecule has 28 heavy (non-hydrogen) atoms. The highest BCUT2D eigenvalue weighted by molar-refractivity contribution is 7.81. The molecule has 0 saturated heterocycles. The minimum atomic E-state index is 0.116. The lowest BCUT2D eigenvalue weighted by atomic mass is 10.0. The molecule has 2 N–H and O–H groups in total. The molecule has 1 aromatic heterocycles. The van der Waals surface area contributed by atoms with Gasteiger partial charge in [0, 0.05) is 27.9 Å². The molecule has 3 nitrogen and oxygen atoms in total. The molecule has 0 amide bonds. The number of aromatic nitrogens is 1. The quantitative estimate of drug-likeness (QED) is 0.244. The summed E-state index contributed by atoms with van der Waals surface area (Å²) in [5, 5.41) is 15.0. The van der Waals surface area contributed by atoms with Crippen LogP contribution in [0.2, 0.25) is 5.02 Å². The monoisotopic (exact) mass is 409 g/mol. The molecule has 0 aliphatic rings. The highest BCUT2D eigenvalue weighted by Crippen LogP contribution is 2.22. The number of aliphatic hydroxyl groups excluding tert-OH is 1. The second kappa shape index (κ2) is 8.55. The van der Waals surface area contributed by atoms with Gasteiger partial charge in [0.2, 0.25) is 0 Å². The van der Waals surface area contributed by atoms with Gasteiger partial charge in [-0.2, -0.15) is 4.57 Å². The first-order valence-electron chi connectivity index (χ1n) is 8.91. The van der Waals surface area contributed by atoms with Gasteiger partial charge < -0.3 is 10.4 Å². The van der Waals surface area contributed by atoms with E-state index in [1.807, 2.05) is 80.2 Å². The van der Waals surface area contributed by atoms with Gasteiger partial charge >= 0.3 is 0 Å². The smallest absolute Gasteiger partial charge is 0.288 e. The summed E-state index contributed by atoms with van der Waals surface area (Å²) in [5.74, 6) is 0.116. The number of nitrogens with zero attached hydrogens (tertiary/aromatic N) is 1. The number of thiocarbonyl (C=S) groups is 1. The summed E-state index contributed by atoms with van der Waals surface area (Å²) in [7, 11) is 0. The lowest BCUT2D eigenvalue weighted by Crippen LogP contribution is -2.38. The molecule has 3 rings (SSSR count). The van der Waals surface area contributed by atoms with E-state index in [0.29, 0.717) is 21.3 Å². The summed E-state index contributed by atoms with van der Waals surface area (Å²) >= 11 is 11.6. The van der Waals surface area contributed by atoms with Crippen molar-refractivity contribution in [3.05, 3.63) is 94.3 Å². The largest absolute Gasteiger partial charge is 0.502 e. The van der Waals surface area contributed by atoms with Crippen molar-refractivity contribution in [3.8, 4) is 0 Å². The lowest BCUT2D eigenvalue weighted by molar-refractivity contribution is -0.576. The number of nitrogens with one attached hydrogen (secondary N) is 1. The normalized spacial score (nSPS) is 11.7. The zero-order valence-electron chi connectivity index (χ0n) is 16.0. The van der Waals surface area contributed by atoms with Gasteiger partial charge in [0.1, 0.15) is 0 Å². The van der Waals surface area contributed by atoms with Crippen LogP contribution in [0, 0.1) is 20.8 Å². The van der Waals surface area contributed by atoms with E-state index in [4.69, 9.17) is 23.8 Å². The third kappa shape index (κ3) is 4.58. The van der Waals surface area contributed by atoms with E-state index in [-0.39, 0.29) is 5.76 Å². The molecular weight excluding hydrogens is 388 g/mol. The van der Waals surface area contributed by atoms with Gasteiger partial charge in [-0.15, -0.1) is 0 Å². The molecule has 0 atom stereocenters. The number of rotatable bonds is 4. The van der Waals surface area contributed by atoms with Crippen LogP contribution in [-0.2, 0) is 0 Å². The van der Waals surface area contributed by atoms with Gasteiger partial charge in [0.05, 0.1) is 0 Å². The second-order valence-electron chi connectivity index (χ2n) is 6.75. The third-order valence-corrected chi connectivity index (χ3v) is 5.08. The van der Waals surface area contributed by atoms with E-state index in [1.165, 1.54) is 5.56 Å². The number of halogens is 1. The Morgan fingerprint density at radius 3 is 2.36 bits per heavy atom. The Morgan fingerprint density at radius 2 is 1.71 bits per heavy atom. The van der Waals surface area contributed by atoms with E-state index in [9.17, 15) is 5.11 Å². The Balaban J connectivity index is 2.09. The first-order valence-corrected chi connectivity index (χ1v) is 9.70. The van der Waals surface area contributed by atoms with Crippen LogP contribution in [0.4, 0.5) is 5.69 Å². The molecule has 0 saturated carbocycles. The predicted octanol–water partition coefficient (Wildman–Crippen LogP) is 5.88. The number of hydrogen-bond donors (Lipinski definition) is 2. The maximum atomic E-state index is 11.1. The summed E-state index contributed by atoms with van der Waals surface area (Å²) in [6.07, 6.45) is 3.80. The van der Waals surface area contributed by atoms with Gasteiger partial charge in [-0.3, -0.25) is 0 Å². The molecule has 0 fully saturated rings. The van der Waals surface area contributed by atoms with Gasteiger partial charge in [-0.1, -0.05) is 36.0 Å². The topological polar surface area (TPSA) is 36.1 Å². The fourth-order valence-electron chi connectivity index (χ4n) is 2.83. The molecule has 0 bridgehead atoms. The number of benzene rings is 2. The molecule has 142 valence electrons. The van der Waals surface area contributed by atoms with Crippen molar-refractivity contribution < 1.29 is 9.67 Å². The first-order chi connectivity index (χ1) is 13.3. The van der Waals surface area contributed by atoms with E-state index >= 15 is 0 Å². The van der Waals surface area contributed by atoms with Crippen LogP contribution in [0.1, 0.15) is 22.3 Å². The van der Waals surface area contributed by atoms with Crippen LogP contribution < -0.4 is 9.88 Å². The molecule has 0 aliphatic carbocycles. The predicted molar refractivity (Wildman–Crippen MR) is 121 cm³/mol. The Labute approximate surface area is 175 Å². The number of pyridine rings is 1. The molecular formula is C23H22ClN2OS+. The van der Waals surface area contributed by atoms with Crippen LogP contribution in [-0.4, -0.2) is 10.1 Å². The van der Waals surface area contributed by atoms with Crippen LogP contribution in [0.15, 0.2) is 67.0 Å². The summed E-state index contributed by atoms with van der Waals surface area (Å²) < 4.78 is 1.84. The summed E-state index contributed by atoms with van der Waals surface area (Å²) in [6.45, 7) is 6.07. The molecule has 0 aliphatic heterocycles. The zero-order chi connectivity index (χ0) is 20.3. The van der Waals surface area contributed by atoms with Crippen molar-refractivity contribution in [1.82, 2.24) is 0 Å². The van der Waals surface area contributed by atoms with E-state index in [0.717, 1.165) is 16.8 Å². The Morgan fingerprint density at radius 1 is 1.00 bits per heavy atom. The summed E-state index contributed by atoms with van der Waals surface area (Å²) in [5.41, 5.74) is 5.36. The maximum Gasteiger partial charge on any atom is 0.288 e. The number of aryl methyl sites for hydroxylation is 3. The van der Waals surface area contributed by atoms with Crippen molar-refractivity contribution in [3.63, 3.8) is 0 Å². The first kappa shape index (κ1) is 20.1. The van der Waals surface area contributed by atoms with Crippen LogP contribution in [0.5, 0.6) is 0 Å². The number of anilines is 1. The van der Waals surface area contributed by atoms with Gasteiger partial charge in [-0.05, 0) is 68.3 Å². The van der Waals surface area contributed by atoms with Crippen molar-refractivity contribution in [2.45, 2.75) is 20.8 Å². The van der Waals surface area contributed by atoms with Crippen molar-refractivity contribution in [1.29, 1.82) is 0 Å². The highest BCUT2D eigenvalue weighted by Gasteiger charge is 2.24. The molecule has 1 heterocycles. The Kier molecular flexibility index (Phi) is 6.12. The van der Waals surface area contributed by atoms with Gasteiger partial charge in [0.15, 0.2) is 23.1 Å². The SMILES string of the molecule is Cc1ccc[n+](/C(C(=S)Nc2ccc(Cl)cc2)=C(\O)c2ccc(C)c(C)c2)c1. The third-order valence-electron chi connectivity index (χ3n) is 4.53. The zero-order valence-corrected chi connectivity index (χ0v) is 17.6. The van der Waals surface area contributed by atoms with Gasteiger partial charge in [0.25, 0.3) is 5.70 Å². The van der Waals surface area contributed by atoms with Crippen molar-refractivity contribution in [2.24, 2.45) is 0 Å². The Hall–Kier alpha value is -2.69. The fourth-order valence-corrected chi connectivity index (χ4v) is 3.27. The molecule has 5 heteroatoms. The minimum Gasteiger partial charge on any atom is -0.502 e. The average molecular weight is 410 g/mol. The number of hydrogen-bond acceptors (Lipinski definition) is 2. The Bertz CT molecular complexity index is 1060.